The van der Waals surface area contributed by atoms with E-state index in [4.69, 9.17) is 0 Å². The zero-order valence-electron chi connectivity index (χ0n) is 19.9. The lowest BCUT2D eigenvalue weighted by Crippen LogP contribution is -2.65. The van der Waals surface area contributed by atoms with Crippen molar-refractivity contribution in [3.8, 4) is 0 Å². The van der Waals surface area contributed by atoms with E-state index in [0.717, 1.165) is 6.42 Å². The largest absolute Gasteiger partial charge is 0.378 e. The van der Waals surface area contributed by atoms with Crippen molar-refractivity contribution in [3.05, 3.63) is 119 Å². The Hall–Kier alpha value is -3.65. The van der Waals surface area contributed by atoms with Crippen LogP contribution in [0.3, 0.4) is 0 Å². The van der Waals surface area contributed by atoms with Gasteiger partial charge in [-0.3, -0.25) is 0 Å². The molecule has 164 valence electrons. The molecule has 2 aliphatic rings. The van der Waals surface area contributed by atoms with Gasteiger partial charge in [-0.15, -0.1) is 0 Å². The molecule has 0 saturated heterocycles. The minimum Gasteiger partial charge on any atom is -0.378 e. The van der Waals surface area contributed by atoms with Gasteiger partial charge in [-0.05, 0) is 60.2 Å². The fourth-order valence-corrected chi connectivity index (χ4v) is 4.86. The van der Waals surface area contributed by atoms with Crippen molar-refractivity contribution in [2.24, 2.45) is 0 Å². The summed E-state index contributed by atoms with van der Waals surface area (Å²) in [6.07, 6.45) is 9.97. The first kappa shape index (κ1) is 21.2. The summed E-state index contributed by atoms with van der Waals surface area (Å²) in [7, 11) is 4.20. The summed E-state index contributed by atoms with van der Waals surface area (Å²) in [5.41, 5.74) is 11.6. The van der Waals surface area contributed by atoms with Crippen molar-refractivity contribution in [1.29, 1.82) is 0 Å². The van der Waals surface area contributed by atoms with E-state index in [0.29, 0.717) is 0 Å². The maximum atomic E-state index is 3.62. The number of nitrogens with one attached hydrogen (secondary N) is 1. The first-order chi connectivity index (χ1) is 15.9. The number of hydrogen-bond acceptors (Lipinski definition) is 1. The third kappa shape index (κ3) is 3.98. The van der Waals surface area contributed by atoms with E-state index < -0.39 is 0 Å². The normalized spacial score (nSPS) is 17.5. The topological polar surface area (TPSA) is 17.2 Å². The van der Waals surface area contributed by atoms with Gasteiger partial charge in [0.25, 0.3) is 0 Å². The highest BCUT2D eigenvalue weighted by atomic mass is 15.1. The number of anilines is 1. The lowest BCUT2D eigenvalue weighted by molar-refractivity contribution is -0.349. The fraction of sp³-hybridized carbons (Fsp3) is 0.194. The van der Waals surface area contributed by atoms with Gasteiger partial charge < -0.3 is 4.90 Å². The Morgan fingerprint density at radius 1 is 0.909 bits per heavy atom. The van der Waals surface area contributed by atoms with E-state index in [1.807, 2.05) is 0 Å². The van der Waals surface area contributed by atoms with Gasteiger partial charge in [-0.25, -0.2) is 4.99 Å². The number of nitrogens with zero attached hydrogens (tertiary/aromatic N) is 1. The molecule has 2 heteroatoms. The first-order valence-electron chi connectivity index (χ1n) is 11.6. The summed E-state index contributed by atoms with van der Waals surface area (Å²) >= 11 is 0. The molecule has 0 spiro atoms. The summed E-state index contributed by atoms with van der Waals surface area (Å²) in [5, 5.41) is 0. The molecule has 3 aromatic carbocycles. The van der Waals surface area contributed by atoms with Gasteiger partial charge in [-0.2, -0.15) is 0 Å². The number of fused-ring (bicyclic) bond motifs is 2. The average molecular weight is 432 g/mol. The fourth-order valence-electron chi connectivity index (χ4n) is 4.86. The number of allylic oxidation sites excluding steroid dienone is 6. The Kier molecular flexibility index (Phi) is 5.38. The molecule has 0 radical (unpaired) electrons. The number of rotatable bonds is 4. The Bertz CT molecular complexity index is 1320. The van der Waals surface area contributed by atoms with Crippen LogP contribution in [-0.2, 0) is 11.8 Å². The van der Waals surface area contributed by atoms with E-state index in [1.165, 1.54) is 50.5 Å². The summed E-state index contributed by atoms with van der Waals surface area (Å²) in [4.78, 5) is 5.79. The van der Waals surface area contributed by atoms with Gasteiger partial charge in [0, 0.05) is 37.5 Å². The summed E-state index contributed by atoms with van der Waals surface area (Å²) in [6, 6.07) is 26.1. The minimum atomic E-state index is -0.0261. The van der Waals surface area contributed by atoms with Gasteiger partial charge in [0.15, 0.2) is 5.71 Å². The van der Waals surface area contributed by atoms with Gasteiger partial charge in [-0.1, -0.05) is 72.8 Å². The van der Waals surface area contributed by atoms with E-state index in [9.17, 15) is 0 Å². The molecule has 2 nitrogen and oxygen atoms in total. The molecule has 5 rings (SSSR count). The van der Waals surface area contributed by atoms with Gasteiger partial charge in [0.2, 0.25) is 5.69 Å². The number of para-hydroxylation sites is 1. The zero-order valence-corrected chi connectivity index (χ0v) is 19.9. The quantitative estimate of drug-likeness (QED) is 0.579. The molecule has 1 aliphatic carbocycles. The van der Waals surface area contributed by atoms with Crippen LogP contribution in [0.15, 0.2) is 97.1 Å². The van der Waals surface area contributed by atoms with Gasteiger partial charge in [0.05, 0.1) is 5.41 Å². The SMILES string of the molecule is CN(C)c1ccc2c(c1)CC(c1ccccc1)=C/C2=C\C=C\C1=[NH+]c2ccccc2C1(C)C. The molecule has 1 heterocycles. The van der Waals surface area contributed by atoms with E-state index in [2.05, 4.69) is 135 Å². The lowest BCUT2D eigenvalue weighted by Gasteiger charge is -2.22. The van der Waals surface area contributed by atoms with Crippen LogP contribution < -0.4 is 9.89 Å². The molecule has 0 aromatic heterocycles. The molecule has 0 bridgehead atoms. The lowest BCUT2D eigenvalue weighted by atomic mass is 9.81. The third-order valence-electron chi connectivity index (χ3n) is 6.85. The maximum absolute atomic E-state index is 3.62. The standard InChI is InChI=1S/C31H30N2/c1-31(2)28-14-8-9-15-29(28)32-30(31)16-10-13-23-19-24(22-11-6-5-7-12-22)20-25-21-26(33(3)4)17-18-27(23)25/h5-19,21H,20H2,1-4H3/p+1/b16-10+,23-13+. The monoisotopic (exact) mass is 431 g/mol. The van der Waals surface area contributed by atoms with Crippen LogP contribution in [0.1, 0.15) is 36.1 Å². The highest BCUT2D eigenvalue weighted by molar-refractivity contribution is 6.02. The molecule has 3 aromatic rings. The predicted octanol–water partition coefficient (Wildman–Crippen LogP) is 5.48. The Balaban J connectivity index is 1.53. The molecule has 0 fully saturated rings. The maximum Gasteiger partial charge on any atom is 0.208 e. The highest BCUT2D eigenvalue weighted by Gasteiger charge is 2.39. The van der Waals surface area contributed by atoms with E-state index in [-0.39, 0.29) is 5.41 Å². The van der Waals surface area contributed by atoms with E-state index in [1.54, 1.807) is 0 Å². The summed E-state index contributed by atoms with van der Waals surface area (Å²) in [5.74, 6) is 0. The van der Waals surface area contributed by atoms with Crippen molar-refractivity contribution in [1.82, 2.24) is 0 Å². The van der Waals surface area contributed by atoms with Crippen LogP contribution in [0.25, 0.3) is 11.1 Å². The van der Waals surface area contributed by atoms with Gasteiger partial charge in [0.1, 0.15) is 0 Å². The molecule has 0 saturated carbocycles. The van der Waals surface area contributed by atoms with Gasteiger partial charge >= 0.3 is 0 Å². The predicted molar refractivity (Wildman–Crippen MR) is 141 cm³/mol. The second kappa shape index (κ2) is 8.37. The molecular formula is C31H31N2+. The minimum absolute atomic E-state index is 0.0261. The highest BCUT2D eigenvalue weighted by Crippen LogP contribution is 2.36. The van der Waals surface area contributed by atoms with Crippen LogP contribution >= 0.6 is 0 Å². The zero-order chi connectivity index (χ0) is 23.0. The average Bonchev–Trinajstić information content (AvgIpc) is 3.09. The van der Waals surface area contributed by atoms with Crippen LogP contribution in [0.4, 0.5) is 11.4 Å². The third-order valence-corrected chi connectivity index (χ3v) is 6.85. The van der Waals surface area contributed by atoms with Crippen molar-refractivity contribution in [2.45, 2.75) is 25.7 Å². The van der Waals surface area contributed by atoms with Crippen molar-refractivity contribution >= 4 is 28.2 Å². The van der Waals surface area contributed by atoms with Crippen LogP contribution in [-0.4, -0.2) is 19.8 Å². The molecular weight excluding hydrogens is 400 g/mol. The van der Waals surface area contributed by atoms with Crippen LogP contribution in [0.5, 0.6) is 0 Å². The summed E-state index contributed by atoms with van der Waals surface area (Å²) in [6.45, 7) is 4.56. The Labute approximate surface area is 197 Å². The molecule has 0 amide bonds. The van der Waals surface area contributed by atoms with Crippen molar-refractivity contribution in [3.63, 3.8) is 0 Å². The molecule has 0 atom stereocenters. The summed E-state index contributed by atoms with van der Waals surface area (Å²) < 4.78 is 0. The van der Waals surface area contributed by atoms with Crippen molar-refractivity contribution in [2.75, 3.05) is 19.0 Å². The first-order valence-corrected chi connectivity index (χ1v) is 11.6. The smallest absolute Gasteiger partial charge is 0.208 e. The number of benzene rings is 3. The molecule has 1 aliphatic heterocycles. The Morgan fingerprint density at radius 2 is 1.67 bits per heavy atom. The Morgan fingerprint density at radius 3 is 2.42 bits per heavy atom. The molecule has 0 unspecified atom stereocenters. The molecule has 1 N–H and O–H groups in total. The van der Waals surface area contributed by atoms with E-state index >= 15 is 0 Å². The van der Waals surface area contributed by atoms with Crippen LogP contribution in [0.2, 0.25) is 0 Å². The number of hydrogen-bond donors (Lipinski definition) is 1. The second-order valence-electron chi connectivity index (χ2n) is 9.64. The van der Waals surface area contributed by atoms with Crippen molar-refractivity contribution < 1.29 is 4.99 Å². The van der Waals surface area contributed by atoms with Crippen LogP contribution in [0, 0.1) is 0 Å². The molecule has 33 heavy (non-hydrogen) atoms. The second-order valence-corrected chi connectivity index (χ2v) is 9.64.